The monoisotopic (exact) mass is 405 g/mol. The zero-order valence-electron chi connectivity index (χ0n) is 16.3. The van der Waals surface area contributed by atoms with E-state index in [9.17, 15) is 14.4 Å². The molecule has 1 aliphatic carbocycles. The summed E-state index contributed by atoms with van der Waals surface area (Å²) in [6, 6.07) is 6.45. The summed E-state index contributed by atoms with van der Waals surface area (Å²) in [6.07, 6.45) is 8.14. The van der Waals surface area contributed by atoms with Crippen LogP contribution in [0.25, 0.3) is 0 Å². The predicted molar refractivity (Wildman–Crippen MR) is 108 cm³/mol. The molecule has 1 atom stereocenters. The van der Waals surface area contributed by atoms with Crippen molar-refractivity contribution in [2.45, 2.75) is 69.9 Å². The fourth-order valence-electron chi connectivity index (χ4n) is 4.16. The molecule has 1 heterocycles. The van der Waals surface area contributed by atoms with Gasteiger partial charge >= 0.3 is 6.03 Å². The average Bonchev–Trinajstić information content (AvgIpc) is 2.89. The molecule has 0 radical (unpaired) electrons. The van der Waals surface area contributed by atoms with Crippen LogP contribution >= 0.6 is 11.6 Å². The molecule has 28 heavy (non-hydrogen) atoms. The second kappa shape index (κ2) is 8.95. The molecule has 3 rings (SSSR count). The number of urea groups is 1. The first-order chi connectivity index (χ1) is 13.5. The second-order valence-corrected chi connectivity index (χ2v) is 8.13. The maximum atomic E-state index is 13.1. The van der Waals surface area contributed by atoms with Crippen molar-refractivity contribution in [3.8, 4) is 0 Å². The molecule has 1 aromatic carbocycles. The summed E-state index contributed by atoms with van der Waals surface area (Å²) in [4.78, 5) is 39.2. The molecule has 1 saturated heterocycles. The van der Waals surface area contributed by atoms with Gasteiger partial charge in [0, 0.05) is 11.1 Å². The molecule has 2 aliphatic rings. The van der Waals surface area contributed by atoms with E-state index in [1.807, 2.05) is 6.92 Å². The van der Waals surface area contributed by atoms with E-state index in [0.717, 1.165) is 30.6 Å². The minimum absolute atomic E-state index is 0.126. The van der Waals surface area contributed by atoms with E-state index in [-0.39, 0.29) is 18.5 Å². The highest BCUT2D eigenvalue weighted by Crippen LogP contribution is 2.33. The van der Waals surface area contributed by atoms with E-state index in [4.69, 9.17) is 11.6 Å². The summed E-state index contributed by atoms with van der Waals surface area (Å²) in [7, 11) is 0. The number of hydrogen-bond donors (Lipinski definition) is 2. The molecule has 2 N–H and O–H groups in total. The van der Waals surface area contributed by atoms with E-state index in [1.165, 1.54) is 19.3 Å². The van der Waals surface area contributed by atoms with E-state index in [2.05, 4.69) is 10.6 Å². The van der Waals surface area contributed by atoms with Crippen molar-refractivity contribution < 1.29 is 14.4 Å². The van der Waals surface area contributed by atoms with Gasteiger partial charge in [0.2, 0.25) is 5.91 Å². The van der Waals surface area contributed by atoms with Crippen molar-refractivity contribution in [3.63, 3.8) is 0 Å². The van der Waals surface area contributed by atoms with Gasteiger partial charge in [0.25, 0.3) is 5.91 Å². The summed E-state index contributed by atoms with van der Waals surface area (Å²) < 4.78 is 0. The van der Waals surface area contributed by atoms with Crippen molar-refractivity contribution >= 4 is 29.4 Å². The lowest BCUT2D eigenvalue weighted by atomic mass is 9.87. The standard InChI is InChI=1S/C21H28ClN3O3/c1-2-21(15-10-12-16(22)13-11-15)19(27)25(20(28)24-21)14-18(26)23-17-8-6-4-3-5-7-9-17/h10-13,17H,2-9,14H2,1H3,(H,23,26)(H,24,28)/t21-/m0/s1. The van der Waals surface area contributed by atoms with E-state index < -0.39 is 17.5 Å². The summed E-state index contributed by atoms with van der Waals surface area (Å²) in [6.45, 7) is 1.58. The zero-order chi connectivity index (χ0) is 20.1. The molecular formula is C21H28ClN3O3. The predicted octanol–water partition coefficient (Wildman–Crippen LogP) is 3.73. The van der Waals surface area contributed by atoms with Crippen molar-refractivity contribution in [2.75, 3.05) is 6.54 Å². The Labute approximate surface area is 171 Å². The largest absolute Gasteiger partial charge is 0.352 e. The number of imide groups is 1. The van der Waals surface area contributed by atoms with Gasteiger partial charge in [0.15, 0.2) is 0 Å². The summed E-state index contributed by atoms with van der Waals surface area (Å²) in [5.74, 6) is -0.674. The third-order valence-corrected chi connectivity index (χ3v) is 6.07. The number of hydrogen-bond acceptors (Lipinski definition) is 3. The van der Waals surface area contributed by atoms with Crippen LogP contribution < -0.4 is 10.6 Å². The van der Waals surface area contributed by atoms with Gasteiger partial charge in [-0.25, -0.2) is 4.79 Å². The van der Waals surface area contributed by atoms with E-state index in [1.54, 1.807) is 24.3 Å². The number of carbonyl (C=O) groups is 3. The fourth-order valence-corrected chi connectivity index (χ4v) is 4.29. The summed E-state index contributed by atoms with van der Waals surface area (Å²) in [5, 5.41) is 6.37. The third kappa shape index (κ3) is 4.32. The molecule has 7 heteroatoms. The number of halogens is 1. The van der Waals surface area contributed by atoms with Gasteiger partial charge in [0.1, 0.15) is 12.1 Å². The number of benzene rings is 1. The summed E-state index contributed by atoms with van der Waals surface area (Å²) in [5.41, 5.74) is -0.483. The van der Waals surface area contributed by atoms with Gasteiger partial charge in [-0.1, -0.05) is 62.8 Å². The van der Waals surface area contributed by atoms with E-state index >= 15 is 0 Å². The first kappa shape index (κ1) is 20.6. The molecule has 1 saturated carbocycles. The van der Waals surface area contributed by atoms with Crippen LogP contribution in [-0.4, -0.2) is 35.3 Å². The lowest BCUT2D eigenvalue weighted by molar-refractivity contribution is -0.135. The van der Waals surface area contributed by atoms with Crippen molar-refractivity contribution in [3.05, 3.63) is 34.9 Å². The van der Waals surface area contributed by atoms with Gasteiger partial charge in [-0.15, -0.1) is 0 Å². The highest BCUT2D eigenvalue weighted by molar-refractivity contribution is 6.30. The SMILES string of the molecule is CC[C@@]1(c2ccc(Cl)cc2)NC(=O)N(CC(=O)NC2CCCCCCC2)C1=O. The number of rotatable bonds is 5. The van der Waals surface area contributed by atoms with Crippen molar-refractivity contribution in [1.29, 1.82) is 0 Å². The number of amides is 4. The van der Waals surface area contributed by atoms with Crippen LogP contribution in [-0.2, 0) is 15.1 Å². The Bertz CT molecular complexity index is 729. The molecule has 0 unspecified atom stereocenters. The highest BCUT2D eigenvalue weighted by Gasteiger charge is 2.51. The van der Waals surface area contributed by atoms with Crippen molar-refractivity contribution in [2.24, 2.45) is 0 Å². The van der Waals surface area contributed by atoms with Crippen LogP contribution in [0.5, 0.6) is 0 Å². The number of carbonyl (C=O) groups excluding carboxylic acids is 3. The Kier molecular flexibility index (Phi) is 6.60. The molecule has 0 aromatic heterocycles. The maximum Gasteiger partial charge on any atom is 0.325 e. The van der Waals surface area contributed by atoms with Crippen LogP contribution in [0, 0.1) is 0 Å². The first-order valence-electron chi connectivity index (χ1n) is 10.2. The average molecular weight is 406 g/mol. The maximum absolute atomic E-state index is 13.1. The van der Waals surface area contributed by atoms with Crippen LogP contribution in [0.2, 0.25) is 5.02 Å². The Morgan fingerprint density at radius 3 is 2.36 bits per heavy atom. The second-order valence-electron chi connectivity index (χ2n) is 7.70. The minimum Gasteiger partial charge on any atom is -0.352 e. The lowest BCUT2D eigenvalue weighted by Gasteiger charge is -2.26. The van der Waals surface area contributed by atoms with Gasteiger partial charge in [-0.2, -0.15) is 0 Å². The van der Waals surface area contributed by atoms with Crippen LogP contribution in [0.3, 0.4) is 0 Å². The molecule has 1 aromatic rings. The summed E-state index contributed by atoms with van der Waals surface area (Å²) >= 11 is 5.95. The molecule has 6 nitrogen and oxygen atoms in total. The number of nitrogens with zero attached hydrogens (tertiary/aromatic N) is 1. The number of nitrogens with one attached hydrogen (secondary N) is 2. The Hall–Kier alpha value is -2.08. The molecular weight excluding hydrogens is 378 g/mol. The van der Waals surface area contributed by atoms with Crippen LogP contribution in [0.1, 0.15) is 63.9 Å². The molecule has 152 valence electrons. The molecule has 1 aliphatic heterocycles. The highest BCUT2D eigenvalue weighted by atomic mass is 35.5. The fraction of sp³-hybridized carbons (Fsp3) is 0.571. The molecule has 2 fully saturated rings. The zero-order valence-corrected chi connectivity index (χ0v) is 17.1. The van der Waals surface area contributed by atoms with Gasteiger partial charge < -0.3 is 10.6 Å². The Morgan fingerprint density at radius 1 is 1.14 bits per heavy atom. The Balaban J connectivity index is 1.68. The normalized spacial score (nSPS) is 23.9. The topological polar surface area (TPSA) is 78.5 Å². The van der Waals surface area contributed by atoms with Gasteiger partial charge in [0.05, 0.1) is 0 Å². The first-order valence-corrected chi connectivity index (χ1v) is 10.5. The minimum atomic E-state index is -1.15. The molecule has 0 bridgehead atoms. The van der Waals surface area contributed by atoms with E-state index in [0.29, 0.717) is 17.0 Å². The quantitative estimate of drug-likeness (QED) is 0.732. The molecule has 4 amide bonds. The third-order valence-electron chi connectivity index (χ3n) is 5.82. The van der Waals surface area contributed by atoms with Gasteiger partial charge in [-0.05, 0) is 37.0 Å². The van der Waals surface area contributed by atoms with Crippen LogP contribution in [0.4, 0.5) is 4.79 Å². The van der Waals surface area contributed by atoms with Crippen LogP contribution in [0.15, 0.2) is 24.3 Å². The van der Waals surface area contributed by atoms with Crippen molar-refractivity contribution in [1.82, 2.24) is 15.5 Å². The lowest BCUT2D eigenvalue weighted by Crippen LogP contribution is -2.46. The van der Waals surface area contributed by atoms with Gasteiger partial charge in [-0.3, -0.25) is 14.5 Å². The molecule has 0 spiro atoms. The Morgan fingerprint density at radius 2 is 1.75 bits per heavy atom. The smallest absolute Gasteiger partial charge is 0.325 e.